The first-order valence-electron chi connectivity index (χ1n) is 7.27. The van der Waals surface area contributed by atoms with E-state index in [2.05, 4.69) is 18.3 Å². The maximum Gasteiger partial charge on any atom is 0.255 e. The van der Waals surface area contributed by atoms with Gasteiger partial charge in [0.2, 0.25) is 0 Å². The third kappa shape index (κ3) is 2.24. The topological polar surface area (TPSA) is 34.0 Å². The van der Waals surface area contributed by atoms with Gasteiger partial charge in [0.25, 0.3) is 5.56 Å². The van der Waals surface area contributed by atoms with Gasteiger partial charge in [-0.15, -0.1) is 0 Å². The fraction of sp³-hybridized carbons (Fsp3) is 0.667. The Morgan fingerprint density at radius 3 is 2.94 bits per heavy atom. The minimum absolute atomic E-state index is 0.241. The number of fused-ring (bicyclic) bond motifs is 1. The van der Waals surface area contributed by atoms with Crippen LogP contribution in [0, 0.1) is 0 Å². The molecule has 1 fully saturated rings. The molecule has 0 amide bonds. The molecule has 0 aliphatic heterocycles. The second kappa shape index (κ2) is 4.88. The monoisotopic (exact) mass is 246 g/mol. The van der Waals surface area contributed by atoms with E-state index in [1.165, 1.54) is 30.5 Å². The van der Waals surface area contributed by atoms with Crippen LogP contribution in [0.3, 0.4) is 0 Å². The predicted molar refractivity (Wildman–Crippen MR) is 72.9 cm³/mol. The number of nitrogens with zero attached hydrogens (tertiary/aromatic N) is 1. The summed E-state index contributed by atoms with van der Waals surface area (Å²) in [5.74, 6) is 0. The number of hydrogen-bond donors (Lipinski definition) is 1. The number of nitrogens with one attached hydrogen (secondary N) is 1. The van der Waals surface area contributed by atoms with Crippen LogP contribution in [-0.2, 0) is 25.9 Å². The van der Waals surface area contributed by atoms with Crippen molar-refractivity contribution in [3.8, 4) is 0 Å². The molecule has 2 aliphatic rings. The summed E-state index contributed by atoms with van der Waals surface area (Å²) >= 11 is 0. The van der Waals surface area contributed by atoms with Crippen molar-refractivity contribution in [1.29, 1.82) is 0 Å². The summed E-state index contributed by atoms with van der Waals surface area (Å²) in [5.41, 5.74) is 3.93. The van der Waals surface area contributed by atoms with Crippen molar-refractivity contribution in [2.75, 3.05) is 0 Å². The Balaban J connectivity index is 1.92. The quantitative estimate of drug-likeness (QED) is 0.862. The zero-order valence-corrected chi connectivity index (χ0v) is 11.2. The number of aromatic nitrogens is 1. The third-order valence-corrected chi connectivity index (χ3v) is 4.03. The van der Waals surface area contributed by atoms with Gasteiger partial charge in [-0.3, -0.25) is 4.79 Å². The summed E-state index contributed by atoms with van der Waals surface area (Å²) in [7, 11) is 0. The SMILES string of the molecule is CCCn1c2c(cc(CNC3CC3)c1=O)CCC2. The molecule has 0 spiro atoms. The second-order valence-electron chi connectivity index (χ2n) is 5.61. The van der Waals surface area contributed by atoms with Gasteiger partial charge in [0.05, 0.1) is 0 Å². The van der Waals surface area contributed by atoms with E-state index in [1.54, 1.807) is 0 Å². The van der Waals surface area contributed by atoms with E-state index in [9.17, 15) is 4.79 Å². The van der Waals surface area contributed by atoms with Gasteiger partial charge in [0, 0.05) is 30.4 Å². The molecule has 0 unspecified atom stereocenters. The Morgan fingerprint density at radius 2 is 2.22 bits per heavy atom. The normalized spacial score (nSPS) is 18.1. The van der Waals surface area contributed by atoms with Crippen molar-refractivity contribution >= 4 is 0 Å². The molecule has 98 valence electrons. The molecular weight excluding hydrogens is 224 g/mol. The highest BCUT2D eigenvalue weighted by atomic mass is 16.1. The van der Waals surface area contributed by atoms with Crippen LogP contribution >= 0.6 is 0 Å². The smallest absolute Gasteiger partial charge is 0.255 e. The van der Waals surface area contributed by atoms with Crippen LogP contribution in [0.15, 0.2) is 10.9 Å². The Kier molecular flexibility index (Phi) is 3.25. The van der Waals surface area contributed by atoms with Gasteiger partial charge >= 0.3 is 0 Å². The van der Waals surface area contributed by atoms with Crippen LogP contribution in [0.1, 0.15) is 49.4 Å². The summed E-state index contributed by atoms with van der Waals surface area (Å²) in [5, 5.41) is 3.46. The molecular formula is C15H22N2O. The molecule has 18 heavy (non-hydrogen) atoms. The van der Waals surface area contributed by atoms with Crippen molar-refractivity contribution in [2.45, 2.75) is 64.6 Å². The van der Waals surface area contributed by atoms with E-state index < -0.39 is 0 Å². The van der Waals surface area contributed by atoms with Crippen molar-refractivity contribution in [2.24, 2.45) is 0 Å². The fourth-order valence-electron chi connectivity index (χ4n) is 2.91. The van der Waals surface area contributed by atoms with Gasteiger partial charge < -0.3 is 9.88 Å². The molecule has 2 aliphatic carbocycles. The molecule has 0 radical (unpaired) electrons. The van der Waals surface area contributed by atoms with Crippen molar-refractivity contribution in [3.63, 3.8) is 0 Å². The van der Waals surface area contributed by atoms with Crippen LogP contribution in [0.4, 0.5) is 0 Å². The lowest BCUT2D eigenvalue weighted by atomic mass is 10.1. The number of rotatable bonds is 5. The first-order valence-corrected chi connectivity index (χ1v) is 7.27. The first kappa shape index (κ1) is 12.0. The Bertz CT molecular complexity index is 500. The number of hydrogen-bond acceptors (Lipinski definition) is 2. The van der Waals surface area contributed by atoms with Gasteiger partial charge in [-0.2, -0.15) is 0 Å². The van der Waals surface area contributed by atoms with Gasteiger partial charge in [0.15, 0.2) is 0 Å². The van der Waals surface area contributed by atoms with Gasteiger partial charge in [0.1, 0.15) is 0 Å². The predicted octanol–water partition coefficient (Wildman–Crippen LogP) is 2.00. The van der Waals surface area contributed by atoms with E-state index in [0.717, 1.165) is 37.9 Å². The number of pyridine rings is 1. The van der Waals surface area contributed by atoms with Crippen molar-refractivity contribution in [3.05, 3.63) is 33.2 Å². The minimum atomic E-state index is 0.241. The molecule has 1 aromatic heterocycles. The van der Waals surface area contributed by atoms with E-state index in [-0.39, 0.29) is 5.56 Å². The van der Waals surface area contributed by atoms with Crippen LogP contribution in [0.25, 0.3) is 0 Å². The number of aryl methyl sites for hydroxylation is 1. The van der Waals surface area contributed by atoms with E-state index in [1.807, 2.05) is 4.57 Å². The summed E-state index contributed by atoms with van der Waals surface area (Å²) in [6.45, 7) is 3.77. The van der Waals surface area contributed by atoms with Crippen molar-refractivity contribution in [1.82, 2.24) is 9.88 Å². The summed E-state index contributed by atoms with van der Waals surface area (Å²) in [6, 6.07) is 2.82. The molecule has 3 rings (SSSR count). The lowest BCUT2D eigenvalue weighted by Gasteiger charge is -2.14. The van der Waals surface area contributed by atoms with E-state index >= 15 is 0 Å². The maximum absolute atomic E-state index is 12.5. The summed E-state index contributed by atoms with van der Waals surface area (Å²) in [4.78, 5) is 12.5. The molecule has 0 bridgehead atoms. The first-order chi connectivity index (χ1) is 8.79. The highest BCUT2D eigenvalue weighted by Gasteiger charge is 2.22. The van der Waals surface area contributed by atoms with Crippen LogP contribution < -0.4 is 10.9 Å². The summed E-state index contributed by atoms with van der Waals surface area (Å²) in [6.07, 6.45) is 7.02. The van der Waals surface area contributed by atoms with Gasteiger partial charge in [-0.1, -0.05) is 6.92 Å². The van der Waals surface area contributed by atoms with Crippen LogP contribution in [0.5, 0.6) is 0 Å². The van der Waals surface area contributed by atoms with Gasteiger partial charge in [-0.05, 0) is 50.2 Å². The molecule has 1 heterocycles. The molecule has 0 aromatic carbocycles. The molecule has 0 atom stereocenters. The summed E-state index contributed by atoms with van der Waals surface area (Å²) < 4.78 is 2.03. The Hall–Kier alpha value is -1.09. The molecule has 1 saturated carbocycles. The maximum atomic E-state index is 12.5. The lowest BCUT2D eigenvalue weighted by Crippen LogP contribution is -2.30. The third-order valence-electron chi connectivity index (χ3n) is 4.03. The zero-order valence-electron chi connectivity index (χ0n) is 11.2. The second-order valence-corrected chi connectivity index (χ2v) is 5.61. The molecule has 3 heteroatoms. The molecule has 0 saturated heterocycles. The Morgan fingerprint density at radius 1 is 1.39 bits per heavy atom. The molecule has 1 aromatic rings. The lowest BCUT2D eigenvalue weighted by molar-refractivity contribution is 0.605. The average Bonchev–Trinajstić information content (AvgIpc) is 3.08. The van der Waals surface area contributed by atoms with Gasteiger partial charge in [-0.25, -0.2) is 0 Å². The molecule has 3 nitrogen and oxygen atoms in total. The Labute approximate surface area is 108 Å². The molecule has 1 N–H and O–H groups in total. The standard InChI is InChI=1S/C15H22N2O/c1-2-8-17-14-5-3-4-11(14)9-12(15(17)18)10-16-13-6-7-13/h9,13,16H,2-8,10H2,1H3. The van der Waals surface area contributed by atoms with Crippen LogP contribution in [-0.4, -0.2) is 10.6 Å². The highest BCUT2D eigenvalue weighted by molar-refractivity contribution is 5.30. The highest BCUT2D eigenvalue weighted by Crippen LogP contribution is 2.22. The minimum Gasteiger partial charge on any atom is -0.312 e. The average molecular weight is 246 g/mol. The van der Waals surface area contributed by atoms with Crippen LogP contribution in [0.2, 0.25) is 0 Å². The largest absolute Gasteiger partial charge is 0.312 e. The van der Waals surface area contributed by atoms with E-state index in [4.69, 9.17) is 0 Å². The van der Waals surface area contributed by atoms with Crippen molar-refractivity contribution < 1.29 is 0 Å². The zero-order chi connectivity index (χ0) is 12.5. The van der Waals surface area contributed by atoms with E-state index in [0.29, 0.717) is 6.04 Å². The fourth-order valence-corrected chi connectivity index (χ4v) is 2.91.